The van der Waals surface area contributed by atoms with Gasteiger partial charge in [-0.25, -0.2) is 14.2 Å². The van der Waals surface area contributed by atoms with Crippen LogP contribution in [0.1, 0.15) is 18.9 Å². The molecule has 1 fully saturated rings. The summed E-state index contributed by atoms with van der Waals surface area (Å²) in [5.74, 6) is -1.11. The van der Waals surface area contributed by atoms with Gasteiger partial charge in [0, 0.05) is 49.0 Å². The lowest BCUT2D eigenvalue weighted by molar-refractivity contribution is 0.00635. The van der Waals surface area contributed by atoms with Crippen molar-refractivity contribution < 1.29 is 13.5 Å². The van der Waals surface area contributed by atoms with Crippen LogP contribution in [-0.2, 0) is 11.8 Å². The first-order valence-corrected chi connectivity index (χ1v) is 9.32. The molecule has 1 aliphatic carbocycles. The third-order valence-electron chi connectivity index (χ3n) is 5.81. The van der Waals surface area contributed by atoms with Crippen LogP contribution in [0, 0.1) is 11.8 Å². The van der Waals surface area contributed by atoms with Gasteiger partial charge in [0.2, 0.25) is 5.95 Å². The van der Waals surface area contributed by atoms with Gasteiger partial charge in [-0.3, -0.25) is 14.1 Å². The number of halogens is 2. The van der Waals surface area contributed by atoms with Gasteiger partial charge in [0.25, 0.3) is 0 Å². The Kier molecular flexibility index (Phi) is 3.99. The van der Waals surface area contributed by atoms with Gasteiger partial charge >= 0.3 is 5.69 Å². The molecule has 0 spiro atoms. The molecule has 3 aromatic heterocycles. The second-order valence-electron chi connectivity index (χ2n) is 7.41. The van der Waals surface area contributed by atoms with Gasteiger partial charge in [-0.2, -0.15) is 4.39 Å². The van der Waals surface area contributed by atoms with Crippen molar-refractivity contribution in [2.45, 2.75) is 25.0 Å². The van der Waals surface area contributed by atoms with Crippen LogP contribution in [0.2, 0.25) is 0 Å². The molecule has 0 unspecified atom stereocenters. The largest absolute Gasteiger partial charge is 0.381 e. The van der Waals surface area contributed by atoms with Crippen LogP contribution in [-0.4, -0.2) is 32.3 Å². The van der Waals surface area contributed by atoms with Crippen molar-refractivity contribution in [1.82, 2.24) is 19.1 Å². The third-order valence-corrected chi connectivity index (χ3v) is 5.81. The molecule has 8 heteroatoms. The second kappa shape index (κ2) is 6.45. The van der Waals surface area contributed by atoms with Crippen LogP contribution in [0.25, 0.3) is 33.1 Å². The van der Waals surface area contributed by atoms with E-state index in [1.807, 2.05) is 0 Å². The highest BCUT2D eigenvalue weighted by molar-refractivity contribution is 6.04. The van der Waals surface area contributed by atoms with Crippen LogP contribution in [0.15, 0.2) is 41.5 Å². The molecule has 0 bridgehead atoms. The average molecular weight is 396 g/mol. The molecule has 0 aliphatic heterocycles. The topological polar surface area (TPSA) is 61.9 Å². The maximum Gasteiger partial charge on any atom is 0.329 e. The monoisotopic (exact) mass is 396 g/mol. The van der Waals surface area contributed by atoms with Crippen molar-refractivity contribution >= 4 is 21.9 Å². The Morgan fingerprint density at radius 1 is 1.14 bits per heavy atom. The fourth-order valence-corrected chi connectivity index (χ4v) is 4.08. The number of pyridine rings is 2. The van der Waals surface area contributed by atoms with Crippen molar-refractivity contribution in [3.05, 3.63) is 58.9 Å². The number of rotatable bonds is 3. The molecule has 0 amide bonds. The van der Waals surface area contributed by atoms with Gasteiger partial charge in [0.1, 0.15) is 5.82 Å². The summed E-state index contributed by atoms with van der Waals surface area (Å²) in [6, 6.07) is 5.69. The summed E-state index contributed by atoms with van der Waals surface area (Å²) < 4.78 is 36.7. The van der Waals surface area contributed by atoms with E-state index in [2.05, 4.69) is 9.97 Å². The molecule has 6 nitrogen and oxygen atoms in total. The summed E-state index contributed by atoms with van der Waals surface area (Å²) in [6.07, 6.45) is 4.51. The molecular weight excluding hydrogens is 378 g/mol. The third kappa shape index (κ3) is 2.66. The number of aromatic nitrogens is 4. The van der Waals surface area contributed by atoms with Crippen LogP contribution >= 0.6 is 0 Å². The number of hydrogen-bond acceptors (Lipinski definition) is 4. The zero-order valence-electron chi connectivity index (χ0n) is 15.9. The molecule has 0 radical (unpaired) electrons. The lowest BCUT2D eigenvalue weighted by atomic mass is 9.89. The molecule has 0 N–H and O–H groups in total. The molecule has 148 valence electrons. The maximum atomic E-state index is 14.8. The molecule has 0 atom stereocenters. The predicted octanol–water partition coefficient (Wildman–Crippen LogP) is 3.58. The minimum Gasteiger partial charge on any atom is -0.381 e. The summed E-state index contributed by atoms with van der Waals surface area (Å²) in [4.78, 5) is 20.9. The number of imidazole rings is 1. The highest BCUT2D eigenvalue weighted by Crippen LogP contribution is 2.38. The first-order valence-electron chi connectivity index (χ1n) is 9.32. The van der Waals surface area contributed by atoms with Crippen molar-refractivity contribution in [1.29, 1.82) is 0 Å². The number of aryl methyl sites for hydroxylation is 1. The van der Waals surface area contributed by atoms with E-state index in [9.17, 15) is 13.6 Å². The Morgan fingerprint density at radius 2 is 1.93 bits per heavy atom. The molecule has 1 aromatic carbocycles. The highest BCUT2D eigenvalue weighted by atomic mass is 19.1. The standard InChI is InChI=1S/C21H18F2N4O2/c1-26-18-10-24-17-8-16(22)14(11-3-4-19(23)25-9-11)7-15(17)20(18)27(21(26)28)12-5-13(6-12)29-2/h3-4,7-10,12-13H,5-6H2,1-2H3. The molecule has 1 aliphatic rings. The van der Waals surface area contributed by atoms with Gasteiger partial charge in [0.15, 0.2) is 0 Å². The lowest BCUT2D eigenvalue weighted by Gasteiger charge is -2.34. The Bertz CT molecular complexity index is 1300. The van der Waals surface area contributed by atoms with Crippen LogP contribution < -0.4 is 5.69 Å². The zero-order chi connectivity index (χ0) is 20.3. The van der Waals surface area contributed by atoms with Crippen molar-refractivity contribution in [3.63, 3.8) is 0 Å². The van der Waals surface area contributed by atoms with Crippen LogP contribution in [0.4, 0.5) is 8.78 Å². The Morgan fingerprint density at radius 3 is 2.62 bits per heavy atom. The molecular formula is C21H18F2N4O2. The van der Waals surface area contributed by atoms with Crippen LogP contribution in [0.3, 0.4) is 0 Å². The van der Waals surface area contributed by atoms with E-state index >= 15 is 0 Å². The quantitative estimate of drug-likeness (QED) is 0.497. The number of nitrogens with zero attached hydrogens (tertiary/aromatic N) is 4. The molecule has 4 aromatic rings. The van der Waals surface area contributed by atoms with Crippen molar-refractivity contribution in [3.8, 4) is 11.1 Å². The fourth-order valence-electron chi connectivity index (χ4n) is 4.08. The predicted molar refractivity (Wildman–Crippen MR) is 105 cm³/mol. The van der Waals surface area contributed by atoms with E-state index in [1.165, 1.54) is 24.4 Å². The summed E-state index contributed by atoms with van der Waals surface area (Å²) in [7, 11) is 3.37. The first kappa shape index (κ1) is 17.9. The summed E-state index contributed by atoms with van der Waals surface area (Å²) in [6.45, 7) is 0. The molecule has 29 heavy (non-hydrogen) atoms. The van der Waals surface area contributed by atoms with Gasteiger partial charge in [-0.15, -0.1) is 0 Å². The highest BCUT2D eigenvalue weighted by Gasteiger charge is 2.33. The van der Waals surface area contributed by atoms with E-state index in [1.54, 1.807) is 35.6 Å². The van der Waals surface area contributed by atoms with Crippen molar-refractivity contribution in [2.75, 3.05) is 7.11 Å². The average Bonchev–Trinajstić information content (AvgIpc) is 2.93. The summed E-state index contributed by atoms with van der Waals surface area (Å²) in [5, 5.41) is 0.668. The Labute approximate surface area is 164 Å². The Balaban J connectivity index is 1.79. The maximum absolute atomic E-state index is 14.8. The van der Waals surface area contributed by atoms with Crippen LogP contribution in [0.5, 0.6) is 0 Å². The fraction of sp³-hybridized carbons (Fsp3) is 0.286. The number of fused-ring (bicyclic) bond motifs is 3. The van der Waals surface area contributed by atoms with Gasteiger partial charge in [-0.05, 0) is 31.0 Å². The minimum atomic E-state index is -0.631. The van der Waals surface area contributed by atoms with Gasteiger partial charge in [0.05, 0.1) is 28.9 Å². The molecule has 3 heterocycles. The van der Waals surface area contributed by atoms with E-state index in [0.717, 1.165) is 18.4 Å². The minimum absolute atomic E-state index is 0.0164. The smallest absolute Gasteiger partial charge is 0.329 e. The molecule has 1 saturated carbocycles. The van der Waals surface area contributed by atoms with E-state index in [0.29, 0.717) is 22.0 Å². The second-order valence-corrected chi connectivity index (χ2v) is 7.41. The van der Waals surface area contributed by atoms with Gasteiger partial charge in [-0.1, -0.05) is 0 Å². The number of hydrogen-bond donors (Lipinski definition) is 0. The molecule has 0 saturated heterocycles. The van der Waals surface area contributed by atoms with E-state index in [4.69, 9.17) is 4.74 Å². The number of benzene rings is 1. The van der Waals surface area contributed by atoms with Crippen molar-refractivity contribution in [2.24, 2.45) is 7.05 Å². The van der Waals surface area contributed by atoms with E-state index in [-0.39, 0.29) is 23.4 Å². The number of methoxy groups -OCH3 is 1. The SMILES string of the molecule is COC1CC(n2c(=O)n(C)c3cnc4cc(F)c(-c5ccc(F)nc5)cc4c32)C1. The normalized spacial score (nSPS) is 19.0. The Hall–Kier alpha value is -3.13. The summed E-state index contributed by atoms with van der Waals surface area (Å²) >= 11 is 0. The summed E-state index contributed by atoms with van der Waals surface area (Å²) in [5.41, 5.74) is 2.46. The number of ether oxygens (including phenoxy) is 1. The zero-order valence-corrected chi connectivity index (χ0v) is 15.9. The first-order chi connectivity index (χ1) is 14.0. The van der Waals surface area contributed by atoms with E-state index < -0.39 is 11.8 Å². The van der Waals surface area contributed by atoms with Gasteiger partial charge < -0.3 is 4.74 Å². The lowest BCUT2D eigenvalue weighted by Crippen LogP contribution is -2.37. The molecule has 5 rings (SSSR count).